The van der Waals surface area contributed by atoms with E-state index in [9.17, 15) is 28.0 Å². The number of nitrogens with one attached hydrogen (secondary N) is 3. The number of halogens is 2. The number of alkyl carbamates (subject to hydrolysis) is 1. The molecule has 66 heavy (non-hydrogen) atoms. The molecule has 348 valence electrons. The summed E-state index contributed by atoms with van der Waals surface area (Å²) in [6, 6.07) is 28.7. The third kappa shape index (κ3) is 14.8. The number of amides is 4. The topological polar surface area (TPSA) is 185 Å². The van der Waals surface area contributed by atoms with Crippen molar-refractivity contribution in [1.29, 1.82) is 0 Å². The predicted molar refractivity (Wildman–Crippen MR) is 244 cm³/mol. The number of hydrogen-bond donors (Lipinski definition) is 4. The molecule has 0 aliphatic carbocycles. The summed E-state index contributed by atoms with van der Waals surface area (Å²) in [4.78, 5) is 76.2. The van der Waals surface area contributed by atoms with Gasteiger partial charge in [-0.3, -0.25) is 20.0 Å². The van der Waals surface area contributed by atoms with Gasteiger partial charge in [-0.1, -0.05) is 107 Å². The van der Waals surface area contributed by atoms with Crippen molar-refractivity contribution < 1.29 is 42.2 Å². The van der Waals surface area contributed by atoms with Crippen LogP contribution in [0, 0.1) is 29.4 Å². The molecule has 3 unspecified atom stereocenters. The molecule has 0 bridgehead atoms. The summed E-state index contributed by atoms with van der Waals surface area (Å²) in [5.74, 6) is -5.70. The van der Waals surface area contributed by atoms with Crippen LogP contribution in [0.15, 0.2) is 134 Å². The van der Waals surface area contributed by atoms with Gasteiger partial charge in [-0.25, -0.2) is 28.2 Å². The van der Waals surface area contributed by atoms with Crippen LogP contribution >= 0.6 is 0 Å². The maximum absolute atomic E-state index is 15.2. The van der Waals surface area contributed by atoms with E-state index in [1.165, 1.54) is 70.6 Å². The van der Waals surface area contributed by atoms with E-state index in [0.29, 0.717) is 22.4 Å². The first kappa shape index (κ1) is 50.0. The van der Waals surface area contributed by atoms with Gasteiger partial charge in [0.2, 0.25) is 0 Å². The lowest BCUT2D eigenvalue weighted by Gasteiger charge is -2.37. The largest absolute Gasteiger partial charge is 0.456 e. The van der Waals surface area contributed by atoms with Gasteiger partial charge in [-0.15, -0.1) is 0 Å². The second-order valence-corrected chi connectivity index (χ2v) is 16.6. The SMILES string of the molecule is CC(C)[C@H](NC(=O)N(C)Cc1ccccn1)C(=O)NN(Cc1ccc(F)cc1)CC(OC(=O)c1ccccc1)C(C(=O)[C@@H](NC(=O)OCc1ccccc1)C(C)C)C(N)c1ccc(F)cc1. The summed E-state index contributed by atoms with van der Waals surface area (Å²) in [6.07, 6.45) is -0.780. The molecule has 5 atom stereocenters. The summed E-state index contributed by atoms with van der Waals surface area (Å²) >= 11 is 0. The number of carbonyl (C=O) groups excluding carboxylic acids is 5. The van der Waals surface area contributed by atoms with Crippen LogP contribution in [-0.2, 0) is 38.8 Å². The zero-order valence-corrected chi connectivity index (χ0v) is 37.6. The minimum atomic E-state index is -1.49. The van der Waals surface area contributed by atoms with Crippen LogP contribution in [0.5, 0.6) is 0 Å². The van der Waals surface area contributed by atoms with Crippen molar-refractivity contribution in [3.63, 3.8) is 0 Å². The van der Waals surface area contributed by atoms with E-state index in [4.69, 9.17) is 15.2 Å². The molecular formula is C50H57F2N7O7. The van der Waals surface area contributed by atoms with Gasteiger partial charge >= 0.3 is 18.1 Å². The van der Waals surface area contributed by atoms with Gasteiger partial charge in [0, 0.05) is 25.8 Å². The minimum Gasteiger partial charge on any atom is -0.456 e. The fraction of sp³-hybridized carbons (Fsp3) is 0.320. The van der Waals surface area contributed by atoms with Crippen molar-refractivity contribution in [3.05, 3.63) is 173 Å². The number of hydrazine groups is 1. The van der Waals surface area contributed by atoms with E-state index in [-0.39, 0.29) is 25.3 Å². The van der Waals surface area contributed by atoms with E-state index < -0.39 is 89.9 Å². The molecule has 0 saturated heterocycles. The van der Waals surface area contributed by atoms with Crippen molar-refractivity contribution in [2.24, 2.45) is 23.5 Å². The third-order valence-electron chi connectivity index (χ3n) is 10.8. The highest BCUT2D eigenvalue weighted by Crippen LogP contribution is 2.30. The van der Waals surface area contributed by atoms with Gasteiger partial charge in [0.25, 0.3) is 5.91 Å². The standard InChI is InChI=1S/C50H57F2N7O7/c1-32(2)44(56-50(64)65-31-35-14-8-6-9-15-35)46(60)42(43(53)36-21-25-39(52)26-22-36)41(66-48(62)37-16-10-7-11-17-37)30-59(28-34-19-23-38(51)24-20-34)57-47(61)45(33(3)4)55-49(63)58(5)29-40-18-12-13-27-54-40/h6-27,32-33,41-45H,28-31,53H2,1-5H3,(H,55,63)(H,56,64)(H,57,61)/t41?,42?,43?,44-,45-/m0/s1. The molecule has 5 N–H and O–H groups in total. The molecule has 16 heteroatoms. The summed E-state index contributed by atoms with van der Waals surface area (Å²) in [5, 5.41) is 6.88. The highest BCUT2D eigenvalue weighted by molar-refractivity contribution is 5.92. The Bertz CT molecular complexity index is 2340. The number of ether oxygens (including phenoxy) is 2. The number of nitrogens with zero attached hydrogens (tertiary/aromatic N) is 3. The zero-order valence-electron chi connectivity index (χ0n) is 37.6. The number of benzene rings is 4. The Morgan fingerprint density at radius 3 is 1.88 bits per heavy atom. The number of carbonyl (C=O) groups is 5. The van der Waals surface area contributed by atoms with Crippen molar-refractivity contribution in [2.45, 2.75) is 71.6 Å². The molecule has 4 amide bonds. The Morgan fingerprint density at radius 2 is 1.29 bits per heavy atom. The van der Waals surface area contributed by atoms with E-state index >= 15 is 4.79 Å². The number of aromatic nitrogens is 1. The fourth-order valence-electron chi connectivity index (χ4n) is 7.14. The minimum absolute atomic E-state index is 0.0854. The van der Waals surface area contributed by atoms with Crippen LogP contribution in [0.4, 0.5) is 18.4 Å². The number of nitrogens with two attached hydrogens (primary N) is 1. The maximum Gasteiger partial charge on any atom is 0.408 e. The fourth-order valence-corrected chi connectivity index (χ4v) is 7.14. The molecule has 0 saturated carbocycles. The molecule has 0 aliphatic heterocycles. The Hall–Kier alpha value is -7.04. The molecule has 14 nitrogen and oxygen atoms in total. The van der Waals surface area contributed by atoms with Crippen LogP contribution < -0.4 is 21.8 Å². The highest BCUT2D eigenvalue weighted by atomic mass is 19.1. The van der Waals surface area contributed by atoms with E-state index in [0.717, 1.165) is 0 Å². The molecule has 5 rings (SSSR count). The van der Waals surface area contributed by atoms with Crippen molar-refractivity contribution in [3.8, 4) is 0 Å². The van der Waals surface area contributed by atoms with Crippen LogP contribution in [0.2, 0.25) is 0 Å². The average molecular weight is 906 g/mol. The molecule has 0 spiro atoms. The second-order valence-electron chi connectivity index (χ2n) is 16.6. The summed E-state index contributed by atoms with van der Waals surface area (Å²) in [7, 11) is 1.57. The van der Waals surface area contributed by atoms with Crippen LogP contribution in [0.25, 0.3) is 0 Å². The highest BCUT2D eigenvalue weighted by Gasteiger charge is 2.43. The molecular weight excluding hydrogens is 849 g/mol. The summed E-state index contributed by atoms with van der Waals surface area (Å²) < 4.78 is 40.3. The second kappa shape index (κ2) is 24.3. The molecule has 1 heterocycles. The lowest BCUT2D eigenvalue weighted by molar-refractivity contribution is -0.133. The maximum atomic E-state index is 15.2. The smallest absolute Gasteiger partial charge is 0.408 e. The molecule has 0 radical (unpaired) electrons. The normalized spacial score (nSPS) is 13.5. The Kier molecular flexibility index (Phi) is 18.4. The molecule has 0 aliphatic rings. The Morgan fingerprint density at radius 1 is 0.697 bits per heavy atom. The first-order valence-corrected chi connectivity index (χ1v) is 21.6. The van der Waals surface area contributed by atoms with Crippen molar-refractivity contribution >= 4 is 29.8 Å². The Balaban J connectivity index is 1.54. The number of Topliss-reactive ketones (excluding diaryl/α,β-unsaturated/α-hetero) is 1. The summed E-state index contributed by atoms with van der Waals surface area (Å²) in [6.45, 7) is 6.46. The predicted octanol–water partition coefficient (Wildman–Crippen LogP) is 7.12. The van der Waals surface area contributed by atoms with Crippen LogP contribution in [0.3, 0.4) is 0 Å². The monoisotopic (exact) mass is 905 g/mol. The quantitative estimate of drug-likeness (QED) is 0.0437. The van der Waals surface area contributed by atoms with Crippen LogP contribution in [-0.4, -0.2) is 76.5 Å². The first-order chi connectivity index (χ1) is 31.6. The number of esters is 1. The van der Waals surface area contributed by atoms with Crippen molar-refractivity contribution in [2.75, 3.05) is 13.6 Å². The van der Waals surface area contributed by atoms with Gasteiger partial charge in [0.05, 0.1) is 36.3 Å². The van der Waals surface area contributed by atoms with Gasteiger partial charge in [-0.05, 0) is 77.1 Å². The number of rotatable bonds is 21. The zero-order chi connectivity index (χ0) is 47.8. The lowest BCUT2D eigenvalue weighted by atomic mass is 9.80. The van der Waals surface area contributed by atoms with E-state index in [2.05, 4.69) is 21.0 Å². The molecule has 4 aromatic carbocycles. The van der Waals surface area contributed by atoms with Crippen molar-refractivity contribution in [1.82, 2.24) is 31.0 Å². The molecule has 0 fully saturated rings. The van der Waals surface area contributed by atoms with Crippen LogP contribution in [0.1, 0.15) is 66.5 Å². The summed E-state index contributed by atoms with van der Waals surface area (Å²) in [5.41, 5.74) is 12.2. The van der Waals surface area contributed by atoms with E-state index in [1.807, 2.05) is 6.07 Å². The van der Waals surface area contributed by atoms with E-state index in [1.54, 1.807) is 102 Å². The van der Waals surface area contributed by atoms with Gasteiger partial charge in [0.15, 0.2) is 5.78 Å². The Labute approximate surface area is 383 Å². The molecule has 1 aromatic heterocycles. The van der Waals surface area contributed by atoms with Gasteiger partial charge in [0.1, 0.15) is 30.4 Å². The lowest BCUT2D eigenvalue weighted by Crippen LogP contribution is -2.59. The third-order valence-corrected chi connectivity index (χ3v) is 10.8. The number of pyridine rings is 1. The number of hydrogen-bond acceptors (Lipinski definition) is 10. The van der Waals surface area contributed by atoms with Gasteiger partial charge in [-0.2, -0.15) is 0 Å². The molecule has 5 aromatic rings. The average Bonchev–Trinajstić information content (AvgIpc) is 3.30. The number of urea groups is 1. The first-order valence-electron chi connectivity index (χ1n) is 21.6. The van der Waals surface area contributed by atoms with Gasteiger partial charge < -0.3 is 30.7 Å². The number of ketones is 1.